The van der Waals surface area contributed by atoms with Gasteiger partial charge in [-0.05, 0) is 41.5 Å². The Morgan fingerprint density at radius 2 is 1.42 bits per heavy atom. The third-order valence-corrected chi connectivity index (χ3v) is 4.52. The highest BCUT2D eigenvalue weighted by Gasteiger charge is 2.22. The highest BCUT2D eigenvalue weighted by Crippen LogP contribution is 2.29. The van der Waals surface area contributed by atoms with Crippen LogP contribution in [0, 0.1) is 0 Å². The lowest BCUT2D eigenvalue weighted by Gasteiger charge is -2.17. The van der Waals surface area contributed by atoms with Gasteiger partial charge in [0.05, 0.1) is 35.5 Å². The van der Waals surface area contributed by atoms with Crippen LogP contribution in [0.1, 0.15) is 11.1 Å². The second-order valence-corrected chi connectivity index (χ2v) is 6.43. The number of hydrogen-bond donors (Lipinski definition) is 1. The van der Waals surface area contributed by atoms with Crippen LogP contribution in [0.2, 0.25) is 0 Å². The van der Waals surface area contributed by atoms with Gasteiger partial charge in [-0.15, -0.1) is 0 Å². The molecule has 166 valence electrons. The largest absolute Gasteiger partial charge is 0.493 e. The van der Waals surface area contributed by atoms with Crippen molar-refractivity contribution < 1.29 is 33.3 Å². The zero-order valence-electron chi connectivity index (χ0n) is 18.3. The fourth-order valence-electron chi connectivity index (χ4n) is 2.93. The molecule has 8 nitrogen and oxygen atoms in total. The van der Waals surface area contributed by atoms with Crippen LogP contribution < -0.4 is 24.3 Å². The van der Waals surface area contributed by atoms with Gasteiger partial charge in [-0.1, -0.05) is 12.1 Å². The molecule has 1 N–H and O–H groups in total. The fraction of sp³-hybridized carbons (Fsp3) is 0.304. The number of rotatable bonds is 10. The summed E-state index contributed by atoms with van der Waals surface area (Å²) in [6.07, 6.45) is 3.18. The molecule has 0 radical (unpaired) electrons. The number of nitrogens with one attached hydrogen (secondary N) is 1. The molecular formula is C23H27NO7. The Morgan fingerprint density at radius 1 is 0.839 bits per heavy atom. The van der Waals surface area contributed by atoms with Gasteiger partial charge in [-0.25, -0.2) is 4.79 Å². The first-order chi connectivity index (χ1) is 14.9. The normalized spacial score (nSPS) is 11.5. The molecular weight excluding hydrogens is 402 g/mol. The monoisotopic (exact) mass is 429 g/mol. The van der Waals surface area contributed by atoms with Gasteiger partial charge in [-0.2, -0.15) is 0 Å². The summed E-state index contributed by atoms with van der Waals surface area (Å²) in [7, 11) is 7.43. The lowest BCUT2D eigenvalue weighted by molar-refractivity contribution is -0.144. The average Bonchev–Trinajstić information content (AvgIpc) is 2.81. The molecule has 0 bridgehead atoms. The van der Waals surface area contributed by atoms with Crippen LogP contribution in [0.15, 0.2) is 42.5 Å². The van der Waals surface area contributed by atoms with Gasteiger partial charge in [0, 0.05) is 12.5 Å². The maximum atomic E-state index is 12.4. The van der Waals surface area contributed by atoms with E-state index in [1.54, 1.807) is 56.7 Å². The molecule has 31 heavy (non-hydrogen) atoms. The van der Waals surface area contributed by atoms with Crippen molar-refractivity contribution in [2.24, 2.45) is 0 Å². The van der Waals surface area contributed by atoms with E-state index >= 15 is 0 Å². The maximum Gasteiger partial charge on any atom is 0.328 e. The molecule has 0 heterocycles. The molecule has 0 aliphatic rings. The van der Waals surface area contributed by atoms with Crippen molar-refractivity contribution in [1.29, 1.82) is 0 Å². The molecule has 0 spiro atoms. The lowest BCUT2D eigenvalue weighted by atomic mass is 10.0. The first-order valence-electron chi connectivity index (χ1n) is 9.45. The molecule has 0 saturated carbocycles. The lowest BCUT2D eigenvalue weighted by Crippen LogP contribution is -2.42. The van der Waals surface area contributed by atoms with Gasteiger partial charge >= 0.3 is 5.97 Å². The fourth-order valence-corrected chi connectivity index (χ4v) is 2.93. The Bertz CT molecular complexity index is 940. The predicted octanol–water partition coefficient (Wildman–Crippen LogP) is 2.63. The number of esters is 1. The van der Waals surface area contributed by atoms with E-state index < -0.39 is 17.9 Å². The standard InChI is InChI=1S/C23H27NO7/c1-27-18-9-6-15(13-20(18)29-3)8-11-22(25)24-17(23(26)31-5)12-16-7-10-19(28-2)21(14-16)30-4/h6-11,13-14,17H,12H2,1-5H3,(H,24,25)/t17-/m0/s1. The molecule has 8 heteroatoms. The third-order valence-electron chi connectivity index (χ3n) is 4.52. The van der Waals surface area contributed by atoms with E-state index in [4.69, 9.17) is 23.7 Å². The number of benzene rings is 2. The Labute approximate surface area is 181 Å². The van der Waals surface area contributed by atoms with E-state index in [9.17, 15) is 9.59 Å². The van der Waals surface area contributed by atoms with Crippen LogP contribution in [0.5, 0.6) is 23.0 Å². The van der Waals surface area contributed by atoms with Crippen molar-refractivity contribution in [2.45, 2.75) is 12.5 Å². The molecule has 2 rings (SSSR count). The van der Waals surface area contributed by atoms with E-state index in [-0.39, 0.29) is 6.42 Å². The van der Waals surface area contributed by atoms with E-state index in [0.717, 1.165) is 11.1 Å². The summed E-state index contributed by atoms with van der Waals surface area (Å²) in [4.78, 5) is 24.6. The summed E-state index contributed by atoms with van der Waals surface area (Å²) >= 11 is 0. The van der Waals surface area contributed by atoms with Crippen LogP contribution in [0.4, 0.5) is 0 Å². The van der Waals surface area contributed by atoms with Crippen molar-refractivity contribution >= 4 is 18.0 Å². The van der Waals surface area contributed by atoms with E-state index in [1.807, 2.05) is 0 Å². The molecule has 0 fully saturated rings. The number of hydrogen-bond acceptors (Lipinski definition) is 7. The van der Waals surface area contributed by atoms with Crippen LogP contribution in [-0.2, 0) is 20.7 Å². The molecule has 1 atom stereocenters. The SMILES string of the molecule is COC(=O)[C@H](Cc1ccc(OC)c(OC)c1)NC(=O)C=Cc1ccc(OC)c(OC)c1. The van der Waals surface area contributed by atoms with Crippen molar-refractivity contribution in [3.63, 3.8) is 0 Å². The van der Waals surface area contributed by atoms with Crippen LogP contribution in [0.25, 0.3) is 6.08 Å². The van der Waals surface area contributed by atoms with Crippen molar-refractivity contribution in [3.8, 4) is 23.0 Å². The molecule has 0 aliphatic heterocycles. The van der Waals surface area contributed by atoms with Crippen molar-refractivity contribution in [1.82, 2.24) is 5.32 Å². The smallest absolute Gasteiger partial charge is 0.328 e. The van der Waals surface area contributed by atoms with Gasteiger partial charge in [0.25, 0.3) is 0 Å². The zero-order valence-corrected chi connectivity index (χ0v) is 18.3. The van der Waals surface area contributed by atoms with Crippen molar-refractivity contribution in [3.05, 3.63) is 53.6 Å². The summed E-state index contributed by atoms with van der Waals surface area (Å²) in [5.74, 6) is 1.25. The number of methoxy groups -OCH3 is 5. The summed E-state index contributed by atoms with van der Waals surface area (Å²) in [6, 6.07) is 9.68. The van der Waals surface area contributed by atoms with Crippen LogP contribution in [0.3, 0.4) is 0 Å². The number of ether oxygens (including phenoxy) is 5. The summed E-state index contributed by atoms with van der Waals surface area (Å²) in [5.41, 5.74) is 1.51. The maximum absolute atomic E-state index is 12.4. The number of amides is 1. The van der Waals surface area contributed by atoms with Gasteiger partial charge in [0.15, 0.2) is 23.0 Å². The van der Waals surface area contributed by atoms with Gasteiger partial charge in [0.2, 0.25) is 5.91 Å². The number of carbonyl (C=O) groups excluding carboxylic acids is 2. The first-order valence-corrected chi connectivity index (χ1v) is 9.45. The minimum atomic E-state index is -0.870. The van der Waals surface area contributed by atoms with Crippen LogP contribution in [-0.4, -0.2) is 53.5 Å². The summed E-state index contributed by atoms with van der Waals surface area (Å²) in [6.45, 7) is 0. The van der Waals surface area contributed by atoms with E-state index in [0.29, 0.717) is 23.0 Å². The van der Waals surface area contributed by atoms with Gasteiger partial charge < -0.3 is 29.0 Å². The number of carbonyl (C=O) groups is 2. The minimum absolute atomic E-state index is 0.225. The molecule has 1 amide bonds. The first kappa shape index (κ1) is 23.6. The topological polar surface area (TPSA) is 92.3 Å². The van der Waals surface area contributed by atoms with Gasteiger partial charge in [0.1, 0.15) is 6.04 Å². The van der Waals surface area contributed by atoms with E-state index in [1.165, 1.54) is 27.4 Å². The average molecular weight is 429 g/mol. The third kappa shape index (κ3) is 6.40. The molecule has 0 saturated heterocycles. The molecule has 0 aliphatic carbocycles. The second kappa shape index (κ2) is 11.5. The zero-order chi connectivity index (χ0) is 22.8. The molecule has 0 unspecified atom stereocenters. The minimum Gasteiger partial charge on any atom is -0.493 e. The highest BCUT2D eigenvalue weighted by atomic mass is 16.5. The Kier molecular flexibility index (Phi) is 8.75. The molecule has 2 aromatic carbocycles. The Hall–Kier alpha value is -3.68. The Balaban J connectivity index is 2.13. The molecule has 0 aromatic heterocycles. The quantitative estimate of drug-likeness (QED) is 0.458. The van der Waals surface area contributed by atoms with E-state index in [2.05, 4.69) is 5.32 Å². The Morgan fingerprint density at radius 3 is 2.00 bits per heavy atom. The highest BCUT2D eigenvalue weighted by molar-refractivity contribution is 5.94. The van der Waals surface area contributed by atoms with Gasteiger partial charge in [-0.3, -0.25) is 4.79 Å². The van der Waals surface area contributed by atoms with Crippen molar-refractivity contribution in [2.75, 3.05) is 35.5 Å². The molecule has 2 aromatic rings. The predicted molar refractivity (Wildman–Crippen MR) is 116 cm³/mol. The second-order valence-electron chi connectivity index (χ2n) is 6.43. The summed E-state index contributed by atoms with van der Waals surface area (Å²) < 4.78 is 25.8. The van der Waals surface area contributed by atoms with Crippen LogP contribution >= 0.6 is 0 Å². The summed E-state index contributed by atoms with van der Waals surface area (Å²) in [5, 5.41) is 2.68.